The van der Waals surface area contributed by atoms with Crippen molar-refractivity contribution in [3.8, 4) is 17.1 Å². The van der Waals surface area contributed by atoms with Crippen LogP contribution >= 0.6 is 0 Å². The second-order valence-corrected chi connectivity index (χ2v) is 6.09. The topological polar surface area (TPSA) is 68.0 Å². The molecule has 3 aromatic rings. The van der Waals surface area contributed by atoms with E-state index in [-0.39, 0.29) is 17.1 Å². The second-order valence-electron chi connectivity index (χ2n) is 6.09. The molecule has 0 fully saturated rings. The van der Waals surface area contributed by atoms with Gasteiger partial charge in [0.15, 0.2) is 5.82 Å². The van der Waals surface area contributed by atoms with Crippen molar-refractivity contribution in [3.05, 3.63) is 66.0 Å². The van der Waals surface area contributed by atoms with Crippen molar-refractivity contribution in [1.82, 2.24) is 14.8 Å². The Kier molecular flexibility index (Phi) is 5.04. The number of hydrogen-bond acceptors (Lipinski definition) is 3. The largest absolute Gasteiger partial charge is 0.478 e. The van der Waals surface area contributed by atoms with E-state index in [0.29, 0.717) is 17.7 Å². The minimum absolute atomic E-state index is 0.0327. The predicted octanol–water partition coefficient (Wildman–Crippen LogP) is 4.92. The summed E-state index contributed by atoms with van der Waals surface area (Å²) in [5.74, 6) is -12.7. The third-order valence-corrected chi connectivity index (χ3v) is 4.13. The van der Waals surface area contributed by atoms with E-state index in [0.717, 1.165) is 23.1 Å². The molecule has 0 saturated heterocycles. The van der Waals surface area contributed by atoms with Crippen LogP contribution in [0, 0.1) is 0 Å². The fourth-order valence-corrected chi connectivity index (χ4v) is 2.46. The summed E-state index contributed by atoms with van der Waals surface area (Å²) in [5.41, 5.74) is -0.971. The van der Waals surface area contributed by atoms with Crippen molar-refractivity contribution in [2.24, 2.45) is 0 Å². The van der Waals surface area contributed by atoms with Gasteiger partial charge in [0.05, 0.1) is 11.3 Å². The molecule has 1 N–H and O–H groups in total. The zero-order valence-corrected chi connectivity index (χ0v) is 14.5. The minimum Gasteiger partial charge on any atom is -0.478 e. The zero-order chi connectivity index (χ0) is 22.3. The smallest absolute Gasteiger partial charge is 0.460 e. The number of carboxylic acids is 1. The van der Waals surface area contributed by atoms with Crippen LogP contribution in [-0.2, 0) is 5.92 Å². The molecule has 0 spiro atoms. The number of halogens is 7. The van der Waals surface area contributed by atoms with Crippen molar-refractivity contribution in [2.45, 2.75) is 18.0 Å². The molecule has 158 valence electrons. The zero-order valence-electron chi connectivity index (χ0n) is 14.5. The van der Waals surface area contributed by atoms with E-state index in [1.165, 1.54) is 24.3 Å². The van der Waals surface area contributed by atoms with Crippen LogP contribution < -0.4 is 0 Å². The Morgan fingerprint density at radius 1 is 0.867 bits per heavy atom. The summed E-state index contributed by atoms with van der Waals surface area (Å²) in [4.78, 5) is 14.8. The summed E-state index contributed by atoms with van der Waals surface area (Å²) in [5, 5.41) is 12.9. The highest BCUT2D eigenvalue weighted by atomic mass is 19.4. The van der Waals surface area contributed by atoms with Gasteiger partial charge in [-0.05, 0) is 24.3 Å². The molecule has 0 bridgehead atoms. The van der Waals surface area contributed by atoms with Gasteiger partial charge in [0.1, 0.15) is 6.33 Å². The summed E-state index contributed by atoms with van der Waals surface area (Å²) < 4.78 is 91.8. The molecule has 5 nitrogen and oxygen atoms in total. The highest BCUT2D eigenvalue weighted by Gasteiger charge is 2.73. The number of nitrogens with zero attached hydrogens (tertiary/aromatic N) is 3. The fourth-order valence-electron chi connectivity index (χ4n) is 2.46. The molecular formula is C18H10F7N3O2. The average molecular weight is 433 g/mol. The van der Waals surface area contributed by atoms with Crippen LogP contribution in [0.3, 0.4) is 0 Å². The maximum atomic E-state index is 13.7. The number of carboxylic acid groups (broad SMARTS) is 1. The molecule has 30 heavy (non-hydrogen) atoms. The molecule has 0 unspecified atom stereocenters. The van der Waals surface area contributed by atoms with E-state index in [2.05, 4.69) is 10.1 Å². The summed E-state index contributed by atoms with van der Waals surface area (Å²) in [6, 6.07) is 8.17. The quantitative estimate of drug-likeness (QED) is 0.580. The number of aromatic nitrogens is 3. The molecule has 0 aliphatic carbocycles. The molecule has 0 amide bonds. The van der Waals surface area contributed by atoms with Crippen molar-refractivity contribution < 1.29 is 40.6 Å². The first kappa shape index (κ1) is 21.3. The first-order valence-corrected chi connectivity index (χ1v) is 8.03. The summed E-state index contributed by atoms with van der Waals surface area (Å²) >= 11 is 0. The van der Waals surface area contributed by atoms with Gasteiger partial charge in [-0.1, -0.05) is 24.3 Å². The van der Waals surface area contributed by atoms with Crippen molar-refractivity contribution in [2.75, 3.05) is 0 Å². The van der Waals surface area contributed by atoms with Crippen LogP contribution in [-0.4, -0.2) is 37.9 Å². The highest BCUT2D eigenvalue weighted by Crippen LogP contribution is 2.51. The third kappa shape index (κ3) is 3.60. The Bertz CT molecular complexity index is 1060. The van der Waals surface area contributed by atoms with Gasteiger partial charge in [0, 0.05) is 11.1 Å². The molecule has 0 saturated carbocycles. The van der Waals surface area contributed by atoms with Gasteiger partial charge in [-0.15, -0.1) is 5.10 Å². The lowest BCUT2D eigenvalue weighted by molar-refractivity contribution is -0.359. The monoisotopic (exact) mass is 433 g/mol. The molecule has 0 aliphatic rings. The Hall–Kier alpha value is -3.44. The molecule has 1 heterocycles. The first-order valence-electron chi connectivity index (χ1n) is 8.03. The lowest BCUT2D eigenvalue weighted by Gasteiger charge is -2.28. The van der Waals surface area contributed by atoms with E-state index in [9.17, 15) is 35.5 Å². The lowest BCUT2D eigenvalue weighted by Crippen LogP contribution is -2.50. The highest BCUT2D eigenvalue weighted by molar-refractivity contribution is 5.88. The predicted molar refractivity (Wildman–Crippen MR) is 88.7 cm³/mol. The second kappa shape index (κ2) is 7.11. The summed E-state index contributed by atoms with van der Waals surface area (Å²) in [7, 11) is 0. The van der Waals surface area contributed by atoms with Gasteiger partial charge in [-0.2, -0.15) is 30.7 Å². The van der Waals surface area contributed by atoms with Gasteiger partial charge in [0.25, 0.3) is 0 Å². The Morgan fingerprint density at radius 2 is 1.43 bits per heavy atom. The maximum absolute atomic E-state index is 13.7. The van der Waals surface area contributed by atoms with Crippen LogP contribution in [0.15, 0.2) is 54.9 Å². The van der Waals surface area contributed by atoms with Gasteiger partial charge in [0.2, 0.25) is 0 Å². The van der Waals surface area contributed by atoms with Crippen LogP contribution in [0.4, 0.5) is 30.7 Å². The van der Waals surface area contributed by atoms with Crippen LogP contribution in [0.5, 0.6) is 0 Å². The number of alkyl halides is 7. The Morgan fingerprint density at radius 3 is 1.93 bits per heavy atom. The number of aromatic carboxylic acids is 1. The maximum Gasteiger partial charge on any atom is 0.460 e. The molecule has 0 atom stereocenters. The van der Waals surface area contributed by atoms with E-state index < -0.39 is 29.6 Å². The van der Waals surface area contributed by atoms with Crippen molar-refractivity contribution in [1.29, 1.82) is 0 Å². The van der Waals surface area contributed by atoms with Crippen molar-refractivity contribution in [3.63, 3.8) is 0 Å². The van der Waals surface area contributed by atoms with E-state index in [1.54, 1.807) is 0 Å². The van der Waals surface area contributed by atoms with E-state index in [1.807, 2.05) is 0 Å². The van der Waals surface area contributed by atoms with Crippen LogP contribution in [0.25, 0.3) is 17.1 Å². The Labute approximate surface area is 163 Å². The number of hydrogen-bond donors (Lipinski definition) is 1. The normalized spacial score (nSPS) is 12.8. The fraction of sp³-hybridized carbons (Fsp3) is 0.167. The lowest BCUT2D eigenvalue weighted by atomic mass is 10.0. The molecule has 3 rings (SSSR count). The van der Waals surface area contributed by atoms with Crippen molar-refractivity contribution >= 4 is 5.97 Å². The SMILES string of the molecule is O=C(O)c1ccc(-c2ncn(-c3ccc(C(F)(F)C(F)(F)C(F)(F)F)cc3)n2)cc1. The van der Waals surface area contributed by atoms with Gasteiger partial charge >= 0.3 is 24.0 Å². The molecule has 12 heteroatoms. The number of benzene rings is 2. The number of carbonyl (C=O) groups is 1. The standard InChI is InChI=1S/C18H10F7N3O2/c19-16(20,17(21,22)18(23,24)25)12-5-7-13(8-6-12)28-9-26-14(27-28)10-1-3-11(4-2-10)15(29)30/h1-9H,(H,29,30). The van der Waals surface area contributed by atoms with Gasteiger partial charge in [-0.3, -0.25) is 0 Å². The van der Waals surface area contributed by atoms with E-state index in [4.69, 9.17) is 5.11 Å². The Balaban J connectivity index is 1.86. The van der Waals surface area contributed by atoms with Crippen LogP contribution in [0.1, 0.15) is 15.9 Å². The van der Waals surface area contributed by atoms with E-state index >= 15 is 0 Å². The summed E-state index contributed by atoms with van der Waals surface area (Å²) in [6.07, 6.45) is -5.26. The summed E-state index contributed by atoms with van der Waals surface area (Å²) in [6.45, 7) is 0. The molecule has 2 aromatic carbocycles. The molecule has 1 aromatic heterocycles. The first-order chi connectivity index (χ1) is 13.8. The molecule has 0 aliphatic heterocycles. The average Bonchev–Trinajstić information content (AvgIpc) is 3.17. The van der Waals surface area contributed by atoms with Gasteiger partial charge in [-0.25, -0.2) is 14.5 Å². The molecular weight excluding hydrogens is 423 g/mol. The minimum atomic E-state index is -6.42. The van der Waals surface area contributed by atoms with Gasteiger partial charge < -0.3 is 5.11 Å². The van der Waals surface area contributed by atoms with Crippen LogP contribution in [0.2, 0.25) is 0 Å². The number of rotatable bonds is 5. The molecule has 0 radical (unpaired) electrons. The third-order valence-electron chi connectivity index (χ3n) is 4.13.